The molecule has 2 rings (SSSR count). The molecular formula is C21H24N2O4. The van der Waals surface area contributed by atoms with Gasteiger partial charge in [0.05, 0.1) is 5.56 Å². The molecule has 0 saturated carbocycles. The minimum atomic E-state index is -0.609. The van der Waals surface area contributed by atoms with Crippen LogP contribution in [0.4, 0.5) is 11.4 Å². The molecule has 0 atom stereocenters. The highest BCUT2D eigenvalue weighted by Gasteiger charge is 2.14. The molecule has 0 unspecified atom stereocenters. The molecule has 0 bridgehead atoms. The van der Waals surface area contributed by atoms with Crippen molar-refractivity contribution in [2.24, 2.45) is 0 Å². The summed E-state index contributed by atoms with van der Waals surface area (Å²) < 4.78 is 5.02. The Balaban J connectivity index is 1.86. The fourth-order valence-corrected chi connectivity index (χ4v) is 2.36. The number of benzene rings is 2. The van der Waals surface area contributed by atoms with Crippen LogP contribution in [0, 0.1) is 0 Å². The van der Waals surface area contributed by atoms with Crippen molar-refractivity contribution in [3.8, 4) is 0 Å². The lowest BCUT2D eigenvalue weighted by Gasteiger charge is -2.19. The molecule has 2 aromatic rings. The van der Waals surface area contributed by atoms with Crippen molar-refractivity contribution in [2.75, 3.05) is 17.2 Å². The zero-order valence-electron chi connectivity index (χ0n) is 16.0. The maximum absolute atomic E-state index is 12.0. The van der Waals surface area contributed by atoms with Crippen molar-refractivity contribution in [3.05, 3.63) is 59.7 Å². The molecule has 27 heavy (non-hydrogen) atoms. The Bertz CT molecular complexity index is 819. The lowest BCUT2D eigenvalue weighted by atomic mass is 9.87. The van der Waals surface area contributed by atoms with Crippen LogP contribution >= 0.6 is 0 Å². The van der Waals surface area contributed by atoms with Crippen LogP contribution < -0.4 is 10.6 Å². The third kappa shape index (κ3) is 6.26. The second kappa shape index (κ2) is 8.49. The van der Waals surface area contributed by atoms with E-state index in [0.29, 0.717) is 16.9 Å². The van der Waals surface area contributed by atoms with Crippen molar-refractivity contribution in [1.29, 1.82) is 0 Å². The fraction of sp³-hybridized carbons (Fsp3) is 0.286. The van der Waals surface area contributed by atoms with Crippen LogP contribution in [0.1, 0.15) is 43.6 Å². The van der Waals surface area contributed by atoms with Crippen molar-refractivity contribution in [1.82, 2.24) is 0 Å². The van der Waals surface area contributed by atoms with Crippen LogP contribution in [0.15, 0.2) is 48.5 Å². The highest BCUT2D eigenvalue weighted by Crippen LogP contribution is 2.23. The number of carbonyl (C=O) groups excluding carboxylic acids is 3. The minimum Gasteiger partial charge on any atom is -0.452 e. The van der Waals surface area contributed by atoms with Gasteiger partial charge in [-0.3, -0.25) is 9.59 Å². The number of anilines is 2. The zero-order valence-corrected chi connectivity index (χ0v) is 16.0. The predicted octanol–water partition coefficient (Wildman–Crippen LogP) is 3.74. The van der Waals surface area contributed by atoms with Crippen molar-refractivity contribution in [2.45, 2.75) is 33.1 Å². The maximum Gasteiger partial charge on any atom is 0.338 e. The Labute approximate surface area is 158 Å². The van der Waals surface area contributed by atoms with E-state index in [1.165, 1.54) is 19.1 Å². The largest absolute Gasteiger partial charge is 0.452 e. The van der Waals surface area contributed by atoms with Gasteiger partial charge in [0.25, 0.3) is 5.91 Å². The summed E-state index contributed by atoms with van der Waals surface area (Å²) in [6.07, 6.45) is 0. The molecule has 0 aromatic heterocycles. The van der Waals surface area contributed by atoms with Crippen LogP contribution in [0.25, 0.3) is 0 Å². The standard InChI is InChI=1S/C21H24N2O4/c1-14(24)22-17-9-5-15(6-10-17)20(26)27-13-19(25)23-18-11-7-16(8-12-18)21(2,3)4/h5-12H,13H2,1-4H3,(H,22,24)(H,23,25). The van der Waals surface area contributed by atoms with E-state index < -0.39 is 11.9 Å². The fourth-order valence-electron chi connectivity index (χ4n) is 2.36. The van der Waals surface area contributed by atoms with Crippen LogP contribution in [-0.2, 0) is 19.7 Å². The van der Waals surface area contributed by atoms with E-state index in [9.17, 15) is 14.4 Å². The third-order valence-corrected chi connectivity index (χ3v) is 3.81. The number of ether oxygens (including phenoxy) is 1. The van der Waals surface area contributed by atoms with Crippen molar-refractivity contribution < 1.29 is 19.1 Å². The van der Waals surface area contributed by atoms with Gasteiger partial charge in [-0.05, 0) is 47.4 Å². The first-order chi connectivity index (χ1) is 12.6. The normalized spacial score (nSPS) is 10.8. The zero-order chi connectivity index (χ0) is 20.0. The molecular weight excluding hydrogens is 344 g/mol. The van der Waals surface area contributed by atoms with E-state index in [0.717, 1.165) is 5.56 Å². The Morgan fingerprint density at radius 3 is 1.89 bits per heavy atom. The number of nitrogens with one attached hydrogen (secondary N) is 2. The van der Waals surface area contributed by atoms with Crippen LogP contribution in [-0.4, -0.2) is 24.4 Å². The predicted molar refractivity (Wildman–Crippen MR) is 105 cm³/mol. The first-order valence-electron chi connectivity index (χ1n) is 8.60. The average Bonchev–Trinajstić information content (AvgIpc) is 2.59. The van der Waals surface area contributed by atoms with Gasteiger partial charge in [-0.2, -0.15) is 0 Å². The van der Waals surface area contributed by atoms with E-state index >= 15 is 0 Å². The van der Waals surface area contributed by atoms with E-state index in [1.54, 1.807) is 12.1 Å². The van der Waals surface area contributed by atoms with E-state index in [2.05, 4.69) is 31.4 Å². The number of esters is 1. The monoisotopic (exact) mass is 368 g/mol. The molecule has 0 aliphatic heterocycles. The summed E-state index contributed by atoms with van der Waals surface area (Å²) in [4.78, 5) is 34.9. The minimum absolute atomic E-state index is 0.0353. The van der Waals surface area contributed by atoms with Crippen molar-refractivity contribution >= 4 is 29.2 Å². The van der Waals surface area contributed by atoms with Crippen molar-refractivity contribution in [3.63, 3.8) is 0 Å². The lowest BCUT2D eigenvalue weighted by Crippen LogP contribution is -2.21. The van der Waals surface area contributed by atoms with Gasteiger partial charge in [0.2, 0.25) is 5.91 Å². The van der Waals surface area contributed by atoms with Gasteiger partial charge >= 0.3 is 5.97 Å². The van der Waals surface area contributed by atoms with Gasteiger partial charge in [-0.1, -0.05) is 32.9 Å². The summed E-state index contributed by atoms with van der Waals surface area (Å²) in [6.45, 7) is 7.36. The summed E-state index contributed by atoms with van der Waals surface area (Å²) in [6, 6.07) is 13.8. The van der Waals surface area contributed by atoms with Gasteiger partial charge in [0.15, 0.2) is 6.61 Å². The number of rotatable bonds is 5. The summed E-state index contributed by atoms with van der Waals surface area (Å²) in [5, 5.41) is 5.30. The van der Waals surface area contributed by atoms with Gasteiger partial charge in [0, 0.05) is 18.3 Å². The van der Waals surface area contributed by atoms with Gasteiger partial charge < -0.3 is 15.4 Å². The van der Waals surface area contributed by atoms with E-state index in [4.69, 9.17) is 4.74 Å². The second-order valence-corrected chi connectivity index (χ2v) is 7.21. The SMILES string of the molecule is CC(=O)Nc1ccc(C(=O)OCC(=O)Nc2ccc(C(C)(C)C)cc2)cc1. The topological polar surface area (TPSA) is 84.5 Å². The highest BCUT2D eigenvalue weighted by atomic mass is 16.5. The Hall–Kier alpha value is -3.15. The molecule has 0 spiro atoms. The summed E-state index contributed by atoms with van der Waals surface area (Å²) in [7, 11) is 0. The molecule has 6 heteroatoms. The quantitative estimate of drug-likeness (QED) is 0.788. The Morgan fingerprint density at radius 1 is 0.852 bits per heavy atom. The average molecular weight is 368 g/mol. The highest BCUT2D eigenvalue weighted by molar-refractivity contribution is 5.96. The van der Waals surface area contributed by atoms with Gasteiger partial charge in [0.1, 0.15) is 0 Å². The maximum atomic E-state index is 12.0. The third-order valence-electron chi connectivity index (χ3n) is 3.81. The second-order valence-electron chi connectivity index (χ2n) is 7.21. The molecule has 6 nitrogen and oxygen atoms in total. The van der Waals surface area contributed by atoms with E-state index in [-0.39, 0.29) is 17.9 Å². The number of amides is 2. The number of carbonyl (C=O) groups is 3. The molecule has 2 aromatic carbocycles. The van der Waals surface area contributed by atoms with Crippen LogP contribution in [0.2, 0.25) is 0 Å². The first kappa shape index (κ1) is 20.2. The van der Waals surface area contributed by atoms with Crippen LogP contribution in [0.5, 0.6) is 0 Å². The Kier molecular flexibility index (Phi) is 6.34. The molecule has 0 radical (unpaired) electrons. The summed E-state index contributed by atoms with van der Waals surface area (Å²) in [5.74, 6) is -1.22. The molecule has 0 heterocycles. The first-order valence-corrected chi connectivity index (χ1v) is 8.60. The smallest absolute Gasteiger partial charge is 0.338 e. The van der Waals surface area contributed by atoms with Crippen LogP contribution in [0.3, 0.4) is 0 Å². The van der Waals surface area contributed by atoms with Gasteiger partial charge in [-0.15, -0.1) is 0 Å². The molecule has 2 amide bonds. The molecule has 0 aliphatic carbocycles. The summed E-state index contributed by atoms with van der Waals surface area (Å²) in [5.41, 5.74) is 2.72. The number of hydrogen-bond donors (Lipinski definition) is 2. The molecule has 142 valence electrons. The van der Waals surface area contributed by atoms with E-state index in [1.807, 2.05) is 24.3 Å². The number of hydrogen-bond acceptors (Lipinski definition) is 4. The molecule has 0 aliphatic rings. The molecule has 0 saturated heterocycles. The Morgan fingerprint density at radius 2 is 1.37 bits per heavy atom. The lowest BCUT2D eigenvalue weighted by molar-refractivity contribution is -0.119. The molecule has 0 fully saturated rings. The van der Waals surface area contributed by atoms with Gasteiger partial charge in [-0.25, -0.2) is 4.79 Å². The molecule has 2 N–H and O–H groups in total. The summed E-state index contributed by atoms with van der Waals surface area (Å²) >= 11 is 0.